The monoisotopic (exact) mass is 657 g/mol. The number of hydrogen-bond acceptors (Lipinski definition) is 7. The van der Waals surface area contributed by atoms with Gasteiger partial charge in [-0.25, -0.2) is 4.79 Å². The molecule has 0 amide bonds. The topological polar surface area (TPSA) is 144 Å². The lowest BCUT2D eigenvalue weighted by atomic mass is 9.36. The lowest BCUT2D eigenvalue weighted by Crippen LogP contribution is -2.63. The number of ketones is 1. The Balaban J connectivity index is 0.00000144. The molecule has 5 aliphatic carbocycles. The second-order valence-electron chi connectivity index (χ2n) is 17.0. The number of aliphatic carboxylic acids is 1. The number of fused-ring (bicyclic) bond motifs is 7. The number of carboxylic acids is 1. The predicted molar refractivity (Wildman–Crippen MR) is 184 cm³/mol. The van der Waals surface area contributed by atoms with Crippen molar-refractivity contribution in [3.05, 3.63) is 23.3 Å². The number of rotatable bonds is 7. The van der Waals surface area contributed by atoms with Crippen LogP contribution in [0.25, 0.3) is 0 Å². The standard InChI is InChI=1S/C37H54O6.CH5N.CH4O/c1-22(2)31-25(39)19-37(18-14-29(40)41)17-11-24-23(32(31)37)9-10-27-35(24,7)15-12-26-34(5,6)28(13-16-36(26,27)8)43-30(42)20-33(3,4)21-38;2*1-2/h14,18,21-24,26-28H,9-13,15-17,19-20H2,1-8H3,(H,40,41);2H2,1H3;2H,1H3/b18-14+;;. The number of ether oxygens (including phenoxy) is 1. The third kappa shape index (κ3) is 6.79. The predicted octanol–water partition coefficient (Wildman–Crippen LogP) is 6.93. The number of allylic oxidation sites excluding steroid dienone is 3. The molecule has 0 saturated heterocycles. The van der Waals surface area contributed by atoms with E-state index in [1.165, 1.54) is 18.7 Å². The first-order valence-electron chi connectivity index (χ1n) is 17.8. The van der Waals surface area contributed by atoms with Gasteiger partial charge in [-0.15, -0.1) is 0 Å². The van der Waals surface area contributed by atoms with Crippen LogP contribution in [0.1, 0.15) is 120 Å². The number of hydrogen-bond donors (Lipinski definition) is 3. The molecule has 47 heavy (non-hydrogen) atoms. The van der Waals surface area contributed by atoms with Crippen LogP contribution in [0.3, 0.4) is 0 Å². The molecule has 5 rings (SSSR count). The van der Waals surface area contributed by atoms with E-state index in [9.17, 15) is 24.3 Å². The largest absolute Gasteiger partial charge is 0.478 e. The van der Waals surface area contributed by atoms with E-state index < -0.39 is 16.8 Å². The summed E-state index contributed by atoms with van der Waals surface area (Å²) in [7, 11) is 2.50. The zero-order chi connectivity index (χ0) is 35.8. The normalized spacial score (nSPS) is 37.3. The summed E-state index contributed by atoms with van der Waals surface area (Å²) in [6.45, 7) is 17.4. The van der Waals surface area contributed by atoms with E-state index in [1.54, 1.807) is 13.8 Å². The lowest BCUT2D eigenvalue weighted by molar-refractivity contribution is -0.213. The van der Waals surface area contributed by atoms with Crippen molar-refractivity contribution in [3.63, 3.8) is 0 Å². The summed E-state index contributed by atoms with van der Waals surface area (Å²) in [6.07, 6.45) is 12.5. The Morgan fingerprint density at radius 2 is 1.57 bits per heavy atom. The van der Waals surface area contributed by atoms with Gasteiger partial charge in [-0.2, -0.15) is 0 Å². The van der Waals surface area contributed by atoms with Gasteiger partial charge in [0.05, 0.1) is 6.42 Å². The van der Waals surface area contributed by atoms with Gasteiger partial charge in [-0.1, -0.05) is 61.5 Å². The average Bonchev–Trinajstić information content (AvgIpc) is 3.32. The van der Waals surface area contributed by atoms with Crippen LogP contribution in [0.2, 0.25) is 0 Å². The van der Waals surface area contributed by atoms with Gasteiger partial charge in [0.1, 0.15) is 12.4 Å². The van der Waals surface area contributed by atoms with Crippen LogP contribution in [0.15, 0.2) is 23.3 Å². The van der Waals surface area contributed by atoms with Crippen molar-refractivity contribution in [2.45, 2.75) is 126 Å². The zero-order valence-electron chi connectivity index (χ0n) is 30.8. The van der Waals surface area contributed by atoms with Gasteiger partial charge in [0.2, 0.25) is 0 Å². The molecule has 0 aromatic rings. The van der Waals surface area contributed by atoms with Crippen molar-refractivity contribution in [2.75, 3.05) is 14.2 Å². The molecule has 8 heteroatoms. The van der Waals surface area contributed by atoms with Gasteiger partial charge < -0.3 is 25.5 Å². The molecule has 4 fully saturated rings. The molecule has 0 radical (unpaired) electrons. The molecule has 0 spiro atoms. The Bertz CT molecular complexity index is 1260. The van der Waals surface area contributed by atoms with Gasteiger partial charge in [0.15, 0.2) is 5.78 Å². The molecule has 266 valence electrons. The molecule has 5 aliphatic rings. The minimum Gasteiger partial charge on any atom is -0.478 e. The van der Waals surface area contributed by atoms with Gasteiger partial charge in [-0.3, -0.25) is 9.59 Å². The number of nitrogens with two attached hydrogens (primary N) is 1. The number of esters is 1. The highest BCUT2D eigenvalue weighted by molar-refractivity contribution is 6.01. The van der Waals surface area contributed by atoms with E-state index >= 15 is 0 Å². The highest BCUT2D eigenvalue weighted by Gasteiger charge is 2.66. The van der Waals surface area contributed by atoms with Crippen molar-refractivity contribution in [2.24, 2.45) is 62.4 Å². The van der Waals surface area contributed by atoms with Gasteiger partial charge in [-0.05, 0) is 110 Å². The molecular formula is C39H63NO7. The Hall–Kier alpha value is -2.32. The average molecular weight is 658 g/mol. The SMILES string of the molecule is CC(C)C1=C2C3CCC4C(C)(CCC5C(C)(C)C(OC(=O)CC(C)(C)C=O)CCC54C)C3CCC2(/C=C/C(=O)O)CC1=O.CN.CO. The zero-order valence-corrected chi connectivity index (χ0v) is 30.8. The maximum atomic E-state index is 13.5. The number of carbonyl (C=O) groups excluding carboxylic acids is 3. The van der Waals surface area contributed by atoms with Crippen molar-refractivity contribution in [1.29, 1.82) is 0 Å². The summed E-state index contributed by atoms with van der Waals surface area (Å²) in [4.78, 5) is 49.4. The molecule has 0 aliphatic heterocycles. The van der Waals surface area contributed by atoms with E-state index in [-0.39, 0.29) is 46.4 Å². The summed E-state index contributed by atoms with van der Waals surface area (Å²) >= 11 is 0. The molecule has 8 unspecified atom stereocenters. The number of carbonyl (C=O) groups is 4. The number of Topliss-reactive ketones (excluding diaryl/α,β-unsaturated/α-hetero) is 1. The fraction of sp³-hybridized carbons (Fsp3) is 0.795. The summed E-state index contributed by atoms with van der Waals surface area (Å²) in [5, 5.41) is 16.5. The van der Waals surface area contributed by atoms with E-state index in [0.29, 0.717) is 30.1 Å². The van der Waals surface area contributed by atoms with Crippen molar-refractivity contribution in [1.82, 2.24) is 0 Å². The van der Waals surface area contributed by atoms with E-state index in [4.69, 9.17) is 9.84 Å². The van der Waals surface area contributed by atoms with Crippen LogP contribution in [-0.4, -0.2) is 54.5 Å². The Morgan fingerprint density at radius 3 is 2.15 bits per heavy atom. The van der Waals surface area contributed by atoms with Gasteiger partial charge in [0.25, 0.3) is 0 Å². The van der Waals surface area contributed by atoms with Crippen LogP contribution < -0.4 is 5.73 Å². The molecule has 0 bridgehead atoms. The second-order valence-corrected chi connectivity index (χ2v) is 17.0. The third-order valence-corrected chi connectivity index (χ3v) is 13.3. The van der Waals surface area contributed by atoms with Crippen LogP contribution in [0, 0.1) is 56.7 Å². The van der Waals surface area contributed by atoms with Crippen LogP contribution >= 0.6 is 0 Å². The molecule has 0 heterocycles. The third-order valence-electron chi connectivity index (χ3n) is 13.3. The summed E-state index contributed by atoms with van der Waals surface area (Å²) in [6, 6.07) is 0. The molecular weight excluding hydrogens is 594 g/mol. The molecule has 0 aromatic heterocycles. The van der Waals surface area contributed by atoms with Gasteiger partial charge >= 0.3 is 11.9 Å². The first-order chi connectivity index (χ1) is 21.9. The first-order valence-corrected chi connectivity index (χ1v) is 17.8. The Labute approximate surface area is 283 Å². The van der Waals surface area contributed by atoms with Crippen LogP contribution in [0.4, 0.5) is 0 Å². The fourth-order valence-electron chi connectivity index (χ4n) is 11.6. The number of aldehydes is 1. The molecule has 0 aromatic carbocycles. The molecule has 4 saturated carbocycles. The highest BCUT2D eigenvalue weighted by atomic mass is 16.5. The van der Waals surface area contributed by atoms with E-state index in [0.717, 1.165) is 70.3 Å². The number of aliphatic hydroxyl groups is 1. The summed E-state index contributed by atoms with van der Waals surface area (Å²) in [5.74, 6) is 0.915. The summed E-state index contributed by atoms with van der Waals surface area (Å²) < 4.78 is 6.14. The first kappa shape index (κ1) is 39.1. The smallest absolute Gasteiger partial charge is 0.328 e. The van der Waals surface area contributed by atoms with Crippen molar-refractivity contribution in [3.8, 4) is 0 Å². The van der Waals surface area contributed by atoms with E-state index in [2.05, 4.69) is 47.3 Å². The maximum Gasteiger partial charge on any atom is 0.328 e. The van der Waals surface area contributed by atoms with Crippen molar-refractivity contribution >= 4 is 24.0 Å². The lowest BCUT2D eigenvalue weighted by Gasteiger charge is -2.68. The molecule has 4 N–H and O–H groups in total. The maximum absolute atomic E-state index is 13.5. The number of aliphatic hydroxyl groups excluding tert-OH is 1. The molecule has 8 atom stereocenters. The fourth-order valence-corrected chi connectivity index (χ4v) is 11.6. The van der Waals surface area contributed by atoms with E-state index in [1.807, 2.05) is 6.08 Å². The minimum atomic E-state index is -0.945. The van der Waals surface area contributed by atoms with Crippen LogP contribution in [-0.2, 0) is 23.9 Å². The van der Waals surface area contributed by atoms with Crippen molar-refractivity contribution < 1.29 is 34.1 Å². The quantitative estimate of drug-likeness (QED) is 0.152. The summed E-state index contributed by atoms with van der Waals surface area (Å²) in [5.41, 5.74) is 5.71. The Kier molecular flexibility index (Phi) is 11.9. The molecule has 8 nitrogen and oxygen atoms in total. The highest BCUT2D eigenvalue weighted by Crippen LogP contribution is 2.73. The Morgan fingerprint density at radius 1 is 0.957 bits per heavy atom. The van der Waals surface area contributed by atoms with Crippen LogP contribution in [0.5, 0.6) is 0 Å². The number of carboxylic acid groups (broad SMARTS) is 1. The second kappa shape index (κ2) is 14.3. The minimum absolute atomic E-state index is 0.106. The van der Waals surface area contributed by atoms with Gasteiger partial charge in [0, 0.05) is 35.9 Å².